The standard InChI is InChI=1S/C24H19NO2/c26-22-19(16-18-10-4-1-5-11-18)17-24(23(27)25-22,20-12-6-2-7-13-20)21-14-8-3-9-15-21/h1-16H,17H2,(H,25,26,27)/b19-16+. The lowest BCUT2D eigenvalue weighted by atomic mass is 9.67. The van der Waals surface area contributed by atoms with Crippen LogP contribution < -0.4 is 5.32 Å². The fourth-order valence-corrected chi connectivity index (χ4v) is 3.68. The summed E-state index contributed by atoms with van der Waals surface area (Å²) in [5, 5.41) is 2.59. The Morgan fingerprint density at radius 1 is 0.704 bits per heavy atom. The lowest BCUT2D eigenvalue weighted by Crippen LogP contribution is -2.53. The molecular formula is C24H19NO2. The van der Waals surface area contributed by atoms with Gasteiger partial charge in [0.05, 0.1) is 0 Å². The molecule has 0 bridgehead atoms. The van der Waals surface area contributed by atoms with Crippen molar-refractivity contribution in [1.29, 1.82) is 0 Å². The molecule has 3 heteroatoms. The van der Waals surface area contributed by atoms with Crippen molar-refractivity contribution >= 4 is 17.9 Å². The zero-order valence-electron chi connectivity index (χ0n) is 14.8. The molecule has 0 unspecified atom stereocenters. The minimum atomic E-state index is -0.933. The first-order valence-corrected chi connectivity index (χ1v) is 8.92. The van der Waals surface area contributed by atoms with Crippen LogP contribution in [-0.4, -0.2) is 11.8 Å². The second-order valence-electron chi connectivity index (χ2n) is 6.68. The van der Waals surface area contributed by atoms with Gasteiger partial charge in [-0.1, -0.05) is 91.0 Å². The van der Waals surface area contributed by atoms with Crippen molar-refractivity contribution in [3.63, 3.8) is 0 Å². The highest BCUT2D eigenvalue weighted by atomic mass is 16.2. The number of hydrogen-bond acceptors (Lipinski definition) is 2. The first-order chi connectivity index (χ1) is 13.2. The molecule has 1 N–H and O–H groups in total. The molecule has 27 heavy (non-hydrogen) atoms. The smallest absolute Gasteiger partial charge is 0.253 e. The van der Waals surface area contributed by atoms with Crippen molar-refractivity contribution in [2.75, 3.05) is 0 Å². The van der Waals surface area contributed by atoms with Gasteiger partial charge in [-0.2, -0.15) is 0 Å². The summed E-state index contributed by atoms with van der Waals surface area (Å²) in [7, 11) is 0. The first-order valence-electron chi connectivity index (χ1n) is 8.92. The molecule has 3 nitrogen and oxygen atoms in total. The summed E-state index contributed by atoms with van der Waals surface area (Å²) in [6, 6.07) is 29.0. The Morgan fingerprint density at radius 2 is 1.19 bits per heavy atom. The fourth-order valence-electron chi connectivity index (χ4n) is 3.68. The number of carbonyl (C=O) groups is 2. The molecule has 4 rings (SSSR count). The van der Waals surface area contributed by atoms with E-state index in [1.54, 1.807) is 0 Å². The highest BCUT2D eigenvalue weighted by molar-refractivity contribution is 6.14. The molecule has 0 aromatic heterocycles. The van der Waals surface area contributed by atoms with E-state index in [0.29, 0.717) is 12.0 Å². The van der Waals surface area contributed by atoms with Crippen LogP contribution in [0, 0.1) is 0 Å². The molecule has 1 aliphatic heterocycles. The van der Waals surface area contributed by atoms with E-state index in [-0.39, 0.29) is 11.8 Å². The topological polar surface area (TPSA) is 46.2 Å². The van der Waals surface area contributed by atoms with Gasteiger partial charge in [-0.3, -0.25) is 14.9 Å². The van der Waals surface area contributed by atoms with Gasteiger partial charge in [-0.15, -0.1) is 0 Å². The average molecular weight is 353 g/mol. The molecule has 2 amide bonds. The van der Waals surface area contributed by atoms with Crippen molar-refractivity contribution in [2.45, 2.75) is 11.8 Å². The molecule has 1 saturated heterocycles. The zero-order valence-corrected chi connectivity index (χ0v) is 14.8. The average Bonchev–Trinajstić information content (AvgIpc) is 2.72. The van der Waals surface area contributed by atoms with Crippen LogP contribution in [0.15, 0.2) is 96.6 Å². The summed E-state index contributed by atoms with van der Waals surface area (Å²) in [5.41, 5.74) is 2.35. The Hall–Kier alpha value is -3.46. The van der Waals surface area contributed by atoms with Crippen LogP contribution in [0.1, 0.15) is 23.1 Å². The minimum absolute atomic E-state index is 0.282. The van der Waals surface area contributed by atoms with Gasteiger partial charge in [0.25, 0.3) is 5.91 Å². The largest absolute Gasteiger partial charge is 0.292 e. The lowest BCUT2D eigenvalue weighted by Gasteiger charge is -2.37. The lowest BCUT2D eigenvalue weighted by molar-refractivity contribution is -0.133. The zero-order chi connectivity index (χ0) is 18.7. The Bertz CT molecular complexity index is 953. The maximum absolute atomic E-state index is 13.2. The molecule has 3 aromatic rings. The number of piperidine rings is 1. The third-order valence-corrected chi connectivity index (χ3v) is 5.04. The molecule has 1 aliphatic rings. The number of imide groups is 1. The quantitative estimate of drug-likeness (QED) is 0.569. The SMILES string of the molecule is O=C1NC(=O)C(c2ccccc2)(c2ccccc2)C/C1=C\c1ccccc1. The maximum Gasteiger partial charge on any atom is 0.253 e. The van der Waals surface area contributed by atoms with Gasteiger partial charge in [-0.25, -0.2) is 0 Å². The number of benzene rings is 3. The summed E-state index contributed by atoms with van der Waals surface area (Å²) in [5.74, 6) is -0.610. The second-order valence-corrected chi connectivity index (χ2v) is 6.68. The molecular weight excluding hydrogens is 334 g/mol. The van der Waals surface area contributed by atoms with Crippen molar-refractivity contribution in [2.24, 2.45) is 0 Å². The summed E-state index contributed by atoms with van der Waals surface area (Å²) < 4.78 is 0. The maximum atomic E-state index is 13.2. The van der Waals surface area contributed by atoms with Crippen molar-refractivity contribution in [1.82, 2.24) is 5.32 Å². The summed E-state index contributed by atoms with van der Waals surface area (Å²) in [6.07, 6.45) is 2.18. The van der Waals surface area contributed by atoms with Crippen LogP contribution in [0.5, 0.6) is 0 Å². The Kier molecular flexibility index (Phi) is 4.43. The van der Waals surface area contributed by atoms with Gasteiger partial charge in [0.1, 0.15) is 5.41 Å². The molecule has 0 atom stereocenters. The minimum Gasteiger partial charge on any atom is -0.292 e. The fraction of sp³-hybridized carbons (Fsp3) is 0.0833. The van der Waals surface area contributed by atoms with E-state index >= 15 is 0 Å². The van der Waals surface area contributed by atoms with Crippen LogP contribution in [0.4, 0.5) is 0 Å². The van der Waals surface area contributed by atoms with E-state index in [1.165, 1.54) is 0 Å². The van der Waals surface area contributed by atoms with E-state index in [9.17, 15) is 9.59 Å². The van der Waals surface area contributed by atoms with Crippen molar-refractivity contribution in [3.8, 4) is 0 Å². The first kappa shape index (κ1) is 17.0. The molecule has 0 aliphatic carbocycles. The highest BCUT2D eigenvalue weighted by Gasteiger charge is 2.47. The second kappa shape index (κ2) is 7.04. The summed E-state index contributed by atoms with van der Waals surface area (Å²) in [4.78, 5) is 25.7. The summed E-state index contributed by atoms with van der Waals surface area (Å²) >= 11 is 0. The normalized spacial score (nSPS) is 17.6. The number of hydrogen-bond donors (Lipinski definition) is 1. The molecule has 0 radical (unpaired) electrons. The Balaban J connectivity index is 1.89. The monoisotopic (exact) mass is 353 g/mol. The van der Waals surface area contributed by atoms with E-state index < -0.39 is 5.41 Å². The van der Waals surface area contributed by atoms with Gasteiger partial charge in [0.2, 0.25) is 5.91 Å². The number of rotatable bonds is 3. The van der Waals surface area contributed by atoms with E-state index in [2.05, 4.69) is 5.32 Å². The summed E-state index contributed by atoms with van der Waals surface area (Å²) in [6.45, 7) is 0. The number of carbonyl (C=O) groups excluding carboxylic acids is 2. The van der Waals surface area contributed by atoms with Gasteiger partial charge in [-0.05, 0) is 22.8 Å². The molecule has 132 valence electrons. The van der Waals surface area contributed by atoms with Gasteiger partial charge in [0.15, 0.2) is 0 Å². The van der Waals surface area contributed by atoms with Crippen molar-refractivity contribution < 1.29 is 9.59 Å². The van der Waals surface area contributed by atoms with Crippen LogP contribution in [-0.2, 0) is 15.0 Å². The van der Waals surface area contributed by atoms with E-state index in [1.807, 2.05) is 97.1 Å². The van der Waals surface area contributed by atoms with Gasteiger partial charge < -0.3 is 0 Å². The number of nitrogens with one attached hydrogen (secondary N) is 1. The molecule has 3 aromatic carbocycles. The van der Waals surface area contributed by atoms with Gasteiger partial charge >= 0.3 is 0 Å². The number of amides is 2. The van der Waals surface area contributed by atoms with E-state index in [0.717, 1.165) is 16.7 Å². The Labute approximate surface area is 158 Å². The molecule has 1 heterocycles. The third kappa shape index (κ3) is 3.08. The van der Waals surface area contributed by atoms with Crippen LogP contribution in [0.3, 0.4) is 0 Å². The highest BCUT2D eigenvalue weighted by Crippen LogP contribution is 2.41. The molecule has 0 spiro atoms. The molecule has 1 fully saturated rings. The third-order valence-electron chi connectivity index (χ3n) is 5.04. The van der Waals surface area contributed by atoms with Gasteiger partial charge in [0, 0.05) is 12.0 Å². The van der Waals surface area contributed by atoms with Crippen LogP contribution >= 0.6 is 0 Å². The van der Waals surface area contributed by atoms with E-state index in [4.69, 9.17) is 0 Å². The van der Waals surface area contributed by atoms with Crippen LogP contribution in [0.2, 0.25) is 0 Å². The predicted octanol–water partition coefficient (Wildman–Crippen LogP) is 4.10. The van der Waals surface area contributed by atoms with Crippen molar-refractivity contribution in [3.05, 3.63) is 113 Å². The predicted molar refractivity (Wildman–Crippen MR) is 106 cm³/mol. The van der Waals surface area contributed by atoms with Crippen LogP contribution in [0.25, 0.3) is 6.08 Å². The Morgan fingerprint density at radius 3 is 1.70 bits per heavy atom. The molecule has 0 saturated carbocycles.